The van der Waals surface area contributed by atoms with Crippen molar-refractivity contribution < 1.29 is 18.3 Å². The Labute approximate surface area is 122 Å². The fraction of sp³-hybridized carbons (Fsp3) is 0.385. The van der Waals surface area contributed by atoms with Gasteiger partial charge in [0, 0.05) is 17.4 Å². The van der Waals surface area contributed by atoms with E-state index in [9.17, 15) is 8.78 Å². The summed E-state index contributed by atoms with van der Waals surface area (Å²) >= 11 is 3.39. The molecule has 0 spiro atoms. The molecule has 0 amide bonds. The van der Waals surface area contributed by atoms with E-state index < -0.39 is 6.61 Å². The van der Waals surface area contributed by atoms with Crippen LogP contribution in [0.3, 0.4) is 0 Å². The molecule has 0 N–H and O–H groups in total. The van der Waals surface area contributed by atoms with E-state index in [1.807, 2.05) is 0 Å². The second-order valence-corrected chi connectivity index (χ2v) is 5.30. The lowest BCUT2D eigenvalue weighted by Gasteiger charge is -2.12. The number of alkyl halides is 2. The molecule has 1 heterocycles. The first-order valence-electron chi connectivity index (χ1n) is 6.08. The van der Waals surface area contributed by atoms with Gasteiger partial charge in [0.05, 0.1) is 12.6 Å². The van der Waals surface area contributed by atoms with Gasteiger partial charge in [-0.15, -0.1) is 0 Å². The molecular weight excluding hydrogens is 334 g/mol. The summed E-state index contributed by atoms with van der Waals surface area (Å²) < 4.78 is 35.0. The lowest BCUT2D eigenvalue weighted by atomic mass is 10.2. The molecule has 20 heavy (non-hydrogen) atoms. The molecular formula is C13H11BrF2N2O2. The Morgan fingerprint density at radius 2 is 2.00 bits per heavy atom. The quantitative estimate of drug-likeness (QED) is 0.789. The molecule has 1 aromatic heterocycles. The second-order valence-electron chi connectivity index (χ2n) is 4.55. The normalized spacial score (nSPS) is 14.8. The van der Waals surface area contributed by atoms with E-state index in [4.69, 9.17) is 4.74 Å². The van der Waals surface area contributed by atoms with E-state index >= 15 is 0 Å². The Kier molecular flexibility index (Phi) is 3.45. The van der Waals surface area contributed by atoms with Crippen LogP contribution in [0.5, 0.6) is 11.5 Å². The van der Waals surface area contributed by atoms with Gasteiger partial charge in [-0.1, -0.05) is 0 Å². The molecule has 1 aliphatic rings. The number of hydrogen-bond acceptors (Lipinski definition) is 4. The van der Waals surface area contributed by atoms with Crippen molar-refractivity contribution in [3.05, 3.63) is 22.6 Å². The minimum Gasteiger partial charge on any atom is -0.493 e. The van der Waals surface area contributed by atoms with E-state index in [-0.39, 0.29) is 11.5 Å². The molecule has 1 aromatic carbocycles. The molecule has 7 heteroatoms. The number of rotatable bonds is 4. The van der Waals surface area contributed by atoms with Crippen LogP contribution in [-0.4, -0.2) is 23.7 Å². The standard InChI is InChI=1S/C13H11BrF2N2O2/c1-19-9-4-7-8(5-10(9)20-13(15)16)17-12(6-2-3-6)18-11(7)14/h4-6,13H,2-3H2,1H3. The highest BCUT2D eigenvalue weighted by Crippen LogP contribution is 2.41. The summed E-state index contributed by atoms with van der Waals surface area (Å²) in [5.74, 6) is 1.30. The van der Waals surface area contributed by atoms with Crippen molar-refractivity contribution in [1.29, 1.82) is 0 Å². The molecule has 0 atom stereocenters. The number of nitrogens with zero attached hydrogens (tertiary/aromatic N) is 2. The maximum absolute atomic E-state index is 12.4. The average molecular weight is 345 g/mol. The highest BCUT2D eigenvalue weighted by molar-refractivity contribution is 9.10. The van der Waals surface area contributed by atoms with Gasteiger partial charge >= 0.3 is 6.61 Å². The zero-order chi connectivity index (χ0) is 14.3. The maximum atomic E-state index is 12.4. The number of methoxy groups -OCH3 is 1. The Balaban J connectivity index is 2.14. The fourth-order valence-corrected chi connectivity index (χ4v) is 2.49. The lowest BCUT2D eigenvalue weighted by molar-refractivity contribution is -0.0511. The summed E-state index contributed by atoms with van der Waals surface area (Å²) in [6, 6.07) is 3.05. The summed E-state index contributed by atoms with van der Waals surface area (Å²) in [5, 5.41) is 0.702. The smallest absolute Gasteiger partial charge is 0.387 e. The number of benzene rings is 1. The van der Waals surface area contributed by atoms with E-state index in [0.29, 0.717) is 21.4 Å². The van der Waals surface area contributed by atoms with Gasteiger partial charge in [-0.05, 0) is 34.8 Å². The molecule has 0 unspecified atom stereocenters. The third kappa shape index (κ3) is 2.54. The first kappa shape index (κ1) is 13.5. The molecule has 0 bridgehead atoms. The van der Waals surface area contributed by atoms with Gasteiger partial charge in [0.2, 0.25) is 0 Å². The number of aromatic nitrogens is 2. The van der Waals surface area contributed by atoms with Gasteiger partial charge in [-0.3, -0.25) is 0 Å². The molecule has 0 saturated heterocycles. The zero-order valence-corrected chi connectivity index (χ0v) is 12.2. The monoisotopic (exact) mass is 344 g/mol. The molecule has 2 aromatic rings. The molecule has 1 saturated carbocycles. The molecule has 1 fully saturated rings. The van der Waals surface area contributed by atoms with Crippen LogP contribution < -0.4 is 9.47 Å². The number of hydrogen-bond donors (Lipinski definition) is 0. The van der Waals surface area contributed by atoms with Gasteiger partial charge in [-0.25, -0.2) is 9.97 Å². The van der Waals surface area contributed by atoms with Gasteiger partial charge < -0.3 is 9.47 Å². The summed E-state index contributed by atoms with van der Waals surface area (Å²) in [7, 11) is 1.40. The fourth-order valence-electron chi connectivity index (χ4n) is 1.99. The molecule has 0 radical (unpaired) electrons. The predicted octanol–water partition coefficient (Wildman–Crippen LogP) is 3.88. The molecule has 0 aliphatic heterocycles. The second kappa shape index (κ2) is 5.12. The van der Waals surface area contributed by atoms with Crippen LogP contribution in [0.15, 0.2) is 16.7 Å². The number of halogens is 3. The topological polar surface area (TPSA) is 44.2 Å². The van der Waals surface area contributed by atoms with Crippen molar-refractivity contribution in [2.45, 2.75) is 25.4 Å². The van der Waals surface area contributed by atoms with Crippen LogP contribution in [0.1, 0.15) is 24.6 Å². The molecule has 106 valence electrons. The van der Waals surface area contributed by atoms with E-state index in [1.54, 1.807) is 6.07 Å². The maximum Gasteiger partial charge on any atom is 0.387 e. The van der Waals surface area contributed by atoms with Crippen LogP contribution in [0.25, 0.3) is 10.9 Å². The number of fused-ring (bicyclic) bond motifs is 1. The van der Waals surface area contributed by atoms with Crippen molar-refractivity contribution in [2.75, 3.05) is 7.11 Å². The Bertz CT molecular complexity index is 662. The van der Waals surface area contributed by atoms with Crippen molar-refractivity contribution in [1.82, 2.24) is 9.97 Å². The summed E-state index contributed by atoms with van der Waals surface area (Å²) in [6.07, 6.45) is 2.13. The minimum atomic E-state index is -2.91. The lowest BCUT2D eigenvalue weighted by Crippen LogP contribution is -2.04. The van der Waals surface area contributed by atoms with Gasteiger partial charge in [0.1, 0.15) is 10.4 Å². The van der Waals surface area contributed by atoms with Crippen molar-refractivity contribution in [2.24, 2.45) is 0 Å². The SMILES string of the molecule is COc1cc2c(Br)nc(C3CC3)nc2cc1OC(F)F. The third-order valence-electron chi connectivity index (χ3n) is 3.11. The van der Waals surface area contributed by atoms with Crippen LogP contribution in [0.4, 0.5) is 8.78 Å². The molecule has 4 nitrogen and oxygen atoms in total. The van der Waals surface area contributed by atoms with Crippen LogP contribution >= 0.6 is 15.9 Å². The number of ether oxygens (including phenoxy) is 2. The minimum absolute atomic E-state index is 0.0256. The zero-order valence-electron chi connectivity index (χ0n) is 10.6. The highest BCUT2D eigenvalue weighted by Gasteiger charge is 2.27. The van der Waals surface area contributed by atoms with Gasteiger partial charge in [0.25, 0.3) is 0 Å². The van der Waals surface area contributed by atoms with Crippen LogP contribution in [-0.2, 0) is 0 Å². The largest absolute Gasteiger partial charge is 0.493 e. The summed E-state index contributed by atoms with van der Waals surface area (Å²) in [5.41, 5.74) is 0.560. The van der Waals surface area contributed by atoms with Crippen molar-refractivity contribution >= 4 is 26.8 Å². The first-order chi connectivity index (χ1) is 9.58. The molecule has 3 rings (SSSR count). The summed E-state index contributed by atoms with van der Waals surface area (Å²) in [6.45, 7) is -2.91. The van der Waals surface area contributed by atoms with E-state index in [1.165, 1.54) is 13.2 Å². The molecule has 1 aliphatic carbocycles. The van der Waals surface area contributed by atoms with Crippen LogP contribution in [0.2, 0.25) is 0 Å². The Morgan fingerprint density at radius 3 is 2.60 bits per heavy atom. The van der Waals surface area contributed by atoms with E-state index in [2.05, 4.69) is 30.6 Å². The average Bonchev–Trinajstić information content (AvgIpc) is 3.21. The van der Waals surface area contributed by atoms with Crippen molar-refractivity contribution in [3.8, 4) is 11.5 Å². The van der Waals surface area contributed by atoms with Crippen LogP contribution in [0, 0.1) is 0 Å². The van der Waals surface area contributed by atoms with Gasteiger partial charge in [0.15, 0.2) is 11.5 Å². The Hall–Kier alpha value is -1.50. The van der Waals surface area contributed by atoms with Crippen molar-refractivity contribution in [3.63, 3.8) is 0 Å². The Morgan fingerprint density at radius 1 is 1.25 bits per heavy atom. The predicted molar refractivity (Wildman–Crippen MR) is 72.4 cm³/mol. The van der Waals surface area contributed by atoms with Gasteiger partial charge in [-0.2, -0.15) is 8.78 Å². The highest BCUT2D eigenvalue weighted by atomic mass is 79.9. The third-order valence-corrected chi connectivity index (χ3v) is 3.71. The summed E-state index contributed by atoms with van der Waals surface area (Å²) in [4.78, 5) is 8.81. The first-order valence-corrected chi connectivity index (χ1v) is 6.87. The van der Waals surface area contributed by atoms with E-state index in [0.717, 1.165) is 18.7 Å².